The van der Waals surface area contributed by atoms with Crippen molar-refractivity contribution in [2.45, 2.75) is 13.8 Å². The average Bonchev–Trinajstić information content (AvgIpc) is 2.56. The molecule has 0 bridgehead atoms. The lowest BCUT2D eigenvalue weighted by Gasteiger charge is -2.45. The Balaban J connectivity index is 2.45. The first-order valence-electron chi connectivity index (χ1n) is 7.39. The van der Waals surface area contributed by atoms with E-state index in [1.807, 2.05) is 18.2 Å². The third-order valence-electron chi connectivity index (χ3n) is 4.73. The number of carbonyl (C=O) groups is 1. The van der Waals surface area contributed by atoms with E-state index in [1.165, 1.54) is 4.90 Å². The van der Waals surface area contributed by atoms with Gasteiger partial charge in [0, 0.05) is 24.9 Å². The first-order valence-corrected chi connectivity index (χ1v) is 7.39. The Kier molecular flexibility index (Phi) is 4.38. The molecule has 2 aliphatic rings. The van der Waals surface area contributed by atoms with Crippen LogP contribution < -0.4 is 0 Å². The summed E-state index contributed by atoms with van der Waals surface area (Å²) < 4.78 is 5.00. The molecule has 0 aromatic carbocycles. The fourth-order valence-corrected chi connectivity index (χ4v) is 3.36. The maximum atomic E-state index is 11.9. The normalized spacial score (nSPS) is 28.5. The molecule has 23 heavy (non-hydrogen) atoms. The molecule has 1 heterocycles. The third-order valence-corrected chi connectivity index (χ3v) is 4.73. The third kappa shape index (κ3) is 2.33. The second-order valence-electron chi connectivity index (χ2n) is 5.71. The van der Waals surface area contributed by atoms with Crippen molar-refractivity contribution in [1.29, 1.82) is 21.2 Å². The predicted octanol–water partition coefficient (Wildman–Crippen LogP) is 1.84. The molecule has 0 saturated heterocycles. The molecule has 1 fully saturated rings. The van der Waals surface area contributed by atoms with Crippen LogP contribution >= 0.6 is 0 Å². The van der Waals surface area contributed by atoms with Crippen LogP contribution in [0.3, 0.4) is 0 Å². The standard InChI is InChI=1S/C16H17N5O2/c1-3-23-15(22)21-5-4-11-12(6-17)14(20)16(8-18,9-19)10(2)13(11)7-21/h4,10,12-13,20H,3,5,7H2,1-2H3/t10-,12?,13+/m0/s1. The molecular formula is C16H17N5O2. The topological polar surface area (TPSA) is 125 Å². The Morgan fingerprint density at radius 2 is 2.13 bits per heavy atom. The monoisotopic (exact) mass is 311 g/mol. The van der Waals surface area contributed by atoms with Crippen molar-refractivity contribution in [3.05, 3.63) is 11.6 Å². The maximum Gasteiger partial charge on any atom is 0.410 e. The molecule has 1 amide bonds. The molecule has 0 spiro atoms. The molecule has 3 atom stereocenters. The van der Waals surface area contributed by atoms with Gasteiger partial charge in [0.25, 0.3) is 0 Å². The van der Waals surface area contributed by atoms with Crippen molar-refractivity contribution < 1.29 is 9.53 Å². The highest BCUT2D eigenvalue weighted by Crippen LogP contribution is 2.48. The molecule has 1 N–H and O–H groups in total. The molecule has 0 aromatic rings. The Morgan fingerprint density at radius 3 is 2.65 bits per heavy atom. The molecule has 0 radical (unpaired) electrons. The molecule has 2 rings (SSSR count). The highest BCUT2D eigenvalue weighted by Gasteiger charge is 2.55. The highest BCUT2D eigenvalue weighted by atomic mass is 16.6. The summed E-state index contributed by atoms with van der Waals surface area (Å²) in [5.41, 5.74) is -1.07. The Labute approximate surface area is 134 Å². The summed E-state index contributed by atoms with van der Waals surface area (Å²) in [5, 5.41) is 36.6. The Hall–Kier alpha value is -2.85. The van der Waals surface area contributed by atoms with Crippen molar-refractivity contribution in [2.24, 2.45) is 23.2 Å². The van der Waals surface area contributed by atoms with E-state index in [4.69, 9.17) is 10.1 Å². The molecule has 1 saturated carbocycles. The molecule has 7 nitrogen and oxygen atoms in total. The lowest BCUT2D eigenvalue weighted by atomic mass is 9.56. The van der Waals surface area contributed by atoms with E-state index in [0.29, 0.717) is 6.54 Å². The van der Waals surface area contributed by atoms with Gasteiger partial charge in [-0.05, 0) is 12.5 Å². The van der Waals surface area contributed by atoms with Crippen LogP contribution in [0, 0.1) is 62.6 Å². The number of nitrogens with zero attached hydrogens (tertiary/aromatic N) is 4. The van der Waals surface area contributed by atoms with Crippen LogP contribution in [0.1, 0.15) is 13.8 Å². The van der Waals surface area contributed by atoms with Crippen molar-refractivity contribution in [3.8, 4) is 18.2 Å². The molecular weight excluding hydrogens is 294 g/mol. The van der Waals surface area contributed by atoms with Crippen LogP contribution in [0.5, 0.6) is 0 Å². The van der Waals surface area contributed by atoms with Gasteiger partial charge in [0.15, 0.2) is 5.41 Å². The molecule has 118 valence electrons. The van der Waals surface area contributed by atoms with Gasteiger partial charge < -0.3 is 15.0 Å². The summed E-state index contributed by atoms with van der Waals surface area (Å²) >= 11 is 0. The number of rotatable bonds is 1. The fraction of sp³-hybridized carbons (Fsp3) is 0.562. The zero-order chi connectivity index (χ0) is 17.2. The van der Waals surface area contributed by atoms with Crippen LogP contribution in [-0.2, 0) is 4.74 Å². The minimum Gasteiger partial charge on any atom is -0.450 e. The van der Waals surface area contributed by atoms with E-state index in [0.717, 1.165) is 5.57 Å². The quantitative estimate of drug-likeness (QED) is 0.740. The zero-order valence-electron chi connectivity index (χ0n) is 13.0. The van der Waals surface area contributed by atoms with Gasteiger partial charge in [-0.1, -0.05) is 13.0 Å². The molecule has 0 aromatic heterocycles. The van der Waals surface area contributed by atoms with Gasteiger partial charge in [-0.2, -0.15) is 15.8 Å². The van der Waals surface area contributed by atoms with E-state index in [1.54, 1.807) is 19.9 Å². The summed E-state index contributed by atoms with van der Waals surface area (Å²) in [7, 11) is 0. The largest absolute Gasteiger partial charge is 0.450 e. The summed E-state index contributed by atoms with van der Waals surface area (Å²) in [6, 6.07) is 5.91. The smallest absolute Gasteiger partial charge is 0.410 e. The summed E-state index contributed by atoms with van der Waals surface area (Å²) in [6.45, 7) is 4.28. The van der Waals surface area contributed by atoms with Crippen molar-refractivity contribution in [3.63, 3.8) is 0 Å². The van der Waals surface area contributed by atoms with E-state index < -0.39 is 23.3 Å². The maximum absolute atomic E-state index is 11.9. The lowest BCUT2D eigenvalue weighted by molar-refractivity contribution is 0.0953. The number of hydrogen-bond donors (Lipinski definition) is 1. The minimum absolute atomic E-state index is 0.162. The van der Waals surface area contributed by atoms with Gasteiger partial charge in [0.2, 0.25) is 0 Å². The van der Waals surface area contributed by atoms with Crippen LogP contribution in [0.4, 0.5) is 4.79 Å². The van der Waals surface area contributed by atoms with Crippen LogP contribution in [0.25, 0.3) is 0 Å². The molecule has 1 aliphatic heterocycles. The number of ether oxygens (including phenoxy) is 1. The van der Waals surface area contributed by atoms with Crippen molar-refractivity contribution in [1.82, 2.24) is 4.90 Å². The van der Waals surface area contributed by atoms with E-state index in [-0.39, 0.29) is 24.8 Å². The van der Waals surface area contributed by atoms with E-state index in [9.17, 15) is 20.6 Å². The van der Waals surface area contributed by atoms with Gasteiger partial charge in [0.05, 0.1) is 30.5 Å². The summed E-state index contributed by atoms with van der Waals surface area (Å²) in [5.74, 6) is -1.69. The number of carbonyl (C=O) groups excluding carboxylic acids is 1. The molecule has 7 heteroatoms. The Bertz CT molecular complexity index is 677. The van der Waals surface area contributed by atoms with Crippen molar-refractivity contribution in [2.75, 3.05) is 19.7 Å². The van der Waals surface area contributed by atoms with Crippen LogP contribution in [-0.4, -0.2) is 36.4 Å². The predicted molar refractivity (Wildman–Crippen MR) is 79.8 cm³/mol. The second-order valence-corrected chi connectivity index (χ2v) is 5.71. The van der Waals surface area contributed by atoms with E-state index in [2.05, 4.69) is 0 Å². The van der Waals surface area contributed by atoms with Crippen LogP contribution in [0.2, 0.25) is 0 Å². The molecule has 1 unspecified atom stereocenters. The summed E-state index contributed by atoms with van der Waals surface area (Å²) in [6.07, 6.45) is 1.30. The van der Waals surface area contributed by atoms with Gasteiger partial charge in [-0.3, -0.25) is 0 Å². The second kappa shape index (κ2) is 6.10. The SMILES string of the molecule is CCOC(=O)N1CC=C2C(C#N)C(=N)C(C#N)(C#N)[C@@H](C)[C@H]2C1. The molecule has 1 aliphatic carbocycles. The van der Waals surface area contributed by atoms with Crippen LogP contribution in [0.15, 0.2) is 11.6 Å². The highest BCUT2D eigenvalue weighted by molar-refractivity contribution is 6.00. The number of nitriles is 3. The number of amides is 1. The minimum atomic E-state index is -1.64. The van der Waals surface area contributed by atoms with Gasteiger partial charge in [-0.25, -0.2) is 4.79 Å². The summed E-state index contributed by atoms with van der Waals surface area (Å²) in [4.78, 5) is 13.4. The lowest BCUT2D eigenvalue weighted by Crippen LogP contribution is -2.53. The van der Waals surface area contributed by atoms with Crippen molar-refractivity contribution >= 4 is 11.8 Å². The van der Waals surface area contributed by atoms with Gasteiger partial charge >= 0.3 is 6.09 Å². The Morgan fingerprint density at radius 1 is 1.48 bits per heavy atom. The van der Waals surface area contributed by atoms with Gasteiger partial charge in [0.1, 0.15) is 5.92 Å². The first kappa shape index (κ1) is 16.5. The number of fused-ring (bicyclic) bond motifs is 1. The fourth-order valence-electron chi connectivity index (χ4n) is 3.36. The van der Waals surface area contributed by atoms with E-state index >= 15 is 0 Å². The number of hydrogen-bond acceptors (Lipinski definition) is 6. The average molecular weight is 311 g/mol. The number of nitrogens with one attached hydrogen (secondary N) is 1. The zero-order valence-corrected chi connectivity index (χ0v) is 13.0. The first-order chi connectivity index (χ1) is 11.0. The van der Waals surface area contributed by atoms with Gasteiger partial charge in [-0.15, -0.1) is 0 Å².